The summed E-state index contributed by atoms with van der Waals surface area (Å²) in [6.07, 6.45) is -3.86. The normalized spacial score (nSPS) is 16.9. The van der Waals surface area contributed by atoms with Gasteiger partial charge in [-0.2, -0.15) is 13.2 Å². The number of hydroxylamine groups is 1. The molecule has 2 aromatic rings. The van der Waals surface area contributed by atoms with E-state index in [1.54, 1.807) is 0 Å². The molecule has 1 unspecified atom stereocenters. The number of nitrogens with zero attached hydrogens (tertiary/aromatic N) is 4. The summed E-state index contributed by atoms with van der Waals surface area (Å²) in [5.41, 5.74) is -3.21. The van der Waals surface area contributed by atoms with Gasteiger partial charge >= 0.3 is 11.9 Å². The van der Waals surface area contributed by atoms with E-state index in [2.05, 4.69) is 21.9 Å². The van der Waals surface area contributed by atoms with Crippen molar-refractivity contribution in [2.24, 2.45) is 12.0 Å². The number of aromatic nitrogens is 2. The number of amidine groups is 1. The van der Waals surface area contributed by atoms with Gasteiger partial charge in [-0.15, -0.1) is 6.58 Å². The smallest absolute Gasteiger partial charge is 0.292 e. The van der Waals surface area contributed by atoms with Crippen molar-refractivity contribution < 1.29 is 32.0 Å². The van der Waals surface area contributed by atoms with Gasteiger partial charge in [0.2, 0.25) is 11.8 Å². The Kier molecular flexibility index (Phi) is 8.29. The third kappa shape index (κ3) is 5.78. The Morgan fingerprint density at radius 3 is 2.57 bits per heavy atom. The summed E-state index contributed by atoms with van der Waals surface area (Å²) in [4.78, 5) is 59.7. The monoisotopic (exact) mass is 563 g/mol. The van der Waals surface area contributed by atoms with Gasteiger partial charge in [0, 0.05) is 26.1 Å². The summed E-state index contributed by atoms with van der Waals surface area (Å²) in [7, 11) is 2.01. The van der Waals surface area contributed by atoms with E-state index in [1.807, 2.05) is 0 Å². The van der Waals surface area contributed by atoms with E-state index in [0.29, 0.717) is 0 Å². The average Bonchev–Trinajstić information content (AvgIpc) is 3.07. The summed E-state index contributed by atoms with van der Waals surface area (Å²) >= 11 is 7.00. The number of alkyl halides is 3. The number of hydrogen-bond donors (Lipinski definition) is 1. The Hall–Kier alpha value is -3.43. The molecule has 0 bridgehead atoms. The molecule has 37 heavy (non-hydrogen) atoms. The lowest BCUT2D eigenvalue weighted by Crippen LogP contribution is -2.41. The Morgan fingerprint density at radius 1 is 1.30 bits per heavy atom. The highest BCUT2D eigenvalue weighted by atomic mass is 35.5. The number of amides is 2. The van der Waals surface area contributed by atoms with E-state index in [1.165, 1.54) is 18.1 Å². The van der Waals surface area contributed by atoms with Crippen LogP contribution in [0.2, 0.25) is 5.02 Å². The topological polar surface area (TPSA) is 115 Å². The predicted octanol–water partition coefficient (Wildman–Crippen LogP) is 2.53. The van der Waals surface area contributed by atoms with Crippen molar-refractivity contribution in [1.29, 1.82) is 0 Å². The lowest BCUT2D eigenvalue weighted by Gasteiger charge is -2.16. The molecule has 16 heteroatoms. The number of carbonyl (C=O) groups is 2. The third-order valence-electron chi connectivity index (χ3n) is 5.00. The van der Waals surface area contributed by atoms with Crippen molar-refractivity contribution in [3.63, 3.8) is 0 Å². The van der Waals surface area contributed by atoms with Gasteiger partial charge in [0.15, 0.2) is 5.17 Å². The minimum absolute atomic E-state index is 0.00234. The van der Waals surface area contributed by atoms with Crippen molar-refractivity contribution in [1.82, 2.24) is 19.5 Å². The molecular formula is C21H18ClF4N5O5S. The van der Waals surface area contributed by atoms with Crippen LogP contribution in [0.25, 0.3) is 5.69 Å². The highest BCUT2D eigenvalue weighted by Crippen LogP contribution is 2.35. The molecule has 2 heterocycles. The molecule has 1 atom stereocenters. The fourth-order valence-electron chi connectivity index (χ4n) is 3.35. The van der Waals surface area contributed by atoms with Crippen LogP contribution >= 0.6 is 23.4 Å². The Labute approximate surface area is 215 Å². The van der Waals surface area contributed by atoms with Gasteiger partial charge in [-0.25, -0.2) is 24.2 Å². The van der Waals surface area contributed by atoms with Crippen LogP contribution in [0.15, 0.2) is 45.4 Å². The second-order valence-corrected chi connectivity index (χ2v) is 9.05. The van der Waals surface area contributed by atoms with Gasteiger partial charge in [0.25, 0.3) is 5.56 Å². The molecule has 0 spiro atoms. The maximum absolute atomic E-state index is 14.8. The molecule has 1 saturated heterocycles. The van der Waals surface area contributed by atoms with Crippen LogP contribution in [-0.2, 0) is 27.7 Å². The summed E-state index contributed by atoms with van der Waals surface area (Å²) in [5.74, 6) is -2.24. The van der Waals surface area contributed by atoms with E-state index < -0.39 is 51.7 Å². The van der Waals surface area contributed by atoms with Crippen molar-refractivity contribution in [3.05, 3.63) is 68.2 Å². The predicted molar refractivity (Wildman–Crippen MR) is 127 cm³/mol. The van der Waals surface area contributed by atoms with Crippen molar-refractivity contribution in [2.75, 3.05) is 13.7 Å². The molecule has 3 rings (SSSR count). The van der Waals surface area contributed by atoms with Gasteiger partial charge in [0.05, 0.1) is 23.5 Å². The average molecular weight is 564 g/mol. The number of nitrogens with one attached hydrogen (secondary N) is 1. The zero-order valence-corrected chi connectivity index (χ0v) is 20.7. The molecule has 1 aromatic carbocycles. The molecule has 0 saturated carbocycles. The zero-order valence-electron chi connectivity index (χ0n) is 19.1. The first-order valence-corrected chi connectivity index (χ1v) is 11.4. The Morgan fingerprint density at radius 2 is 1.97 bits per heavy atom. The number of thioether (sulfide) groups is 1. The Balaban J connectivity index is 2.12. The number of carbonyl (C=O) groups excluding carboxylic acids is 2. The lowest BCUT2D eigenvalue weighted by molar-refractivity contribution is -0.144. The molecule has 1 N–H and O–H groups in total. The van der Waals surface area contributed by atoms with Crippen LogP contribution in [0.1, 0.15) is 12.1 Å². The minimum Gasteiger partial charge on any atom is -0.292 e. The molecule has 0 radical (unpaired) electrons. The van der Waals surface area contributed by atoms with Crippen molar-refractivity contribution in [3.8, 4) is 5.69 Å². The first-order chi connectivity index (χ1) is 17.3. The van der Waals surface area contributed by atoms with Gasteiger partial charge in [-0.1, -0.05) is 29.4 Å². The van der Waals surface area contributed by atoms with E-state index in [0.717, 1.165) is 30.9 Å². The highest BCUT2D eigenvalue weighted by Gasteiger charge is 2.39. The van der Waals surface area contributed by atoms with Crippen LogP contribution < -0.4 is 16.7 Å². The fourth-order valence-corrected chi connectivity index (χ4v) is 4.70. The first kappa shape index (κ1) is 28.1. The van der Waals surface area contributed by atoms with Crippen LogP contribution in [-0.4, -0.2) is 49.9 Å². The standard InChI is InChI=1S/C21H18ClF4N5O5S/c1-4-5-30-18(34)14(8-16(32)28-36-3)37-19(30)27-12-7-13(11(23)6-10(12)22)31-17(33)9-15(21(24,25)26)29(2)20(31)35/h4,6-7,9,14H,1,5,8H2,2-3H3,(H,28,32). The molecule has 10 nitrogen and oxygen atoms in total. The summed E-state index contributed by atoms with van der Waals surface area (Å²) in [6.45, 7) is 3.56. The number of hydrogen-bond acceptors (Lipinski definition) is 7. The van der Waals surface area contributed by atoms with E-state index in [9.17, 15) is 36.7 Å². The molecule has 198 valence electrons. The molecule has 1 aliphatic rings. The number of aliphatic imine (C=N–C) groups is 1. The van der Waals surface area contributed by atoms with E-state index >= 15 is 0 Å². The van der Waals surface area contributed by atoms with E-state index in [4.69, 9.17) is 11.6 Å². The summed E-state index contributed by atoms with van der Waals surface area (Å²) < 4.78 is 54.6. The maximum atomic E-state index is 14.8. The zero-order chi connectivity index (χ0) is 27.7. The number of rotatable bonds is 7. The van der Waals surface area contributed by atoms with Crippen LogP contribution in [0.4, 0.5) is 23.2 Å². The molecule has 1 fully saturated rings. The fraction of sp³-hybridized carbons (Fsp3) is 0.286. The van der Waals surface area contributed by atoms with Crippen molar-refractivity contribution >= 4 is 46.0 Å². The van der Waals surface area contributed by atoms with Crippen LogP contribution in [0.5, 0.6) is 0 Å². The molecular weight excluding hydrogens is 546 g/mol. The van der Waals surface area contributed by atoms with Crippen molar-refractivity contribution in [2.45, 2.75) is 17.8 Å². The molecule has 0 aliphatic carbocycles. The van der Waals surface area contributed by atoms with E-state index in [-0.39, 0.29) is 44.0 Å². The maximum Gasteiger partial charge on any atom is 0.431 e. The molecule has 1 aromatic heterocycles. The largest absolute Gasteiger partial charge is 0.431 e. The number of benzene rings is 1. The van der Waals surface area contributed by atoms with Gasteiger partial charge in [-0.05, 0) is 12.1 Å². The second-order valence-electron chi connectivity index (χ2n) is 7.47. The molecule has 2 amide bonds. The summed E-state index contributed by atoms with van der Waals surface area (Å²) in [6, 6.07) is 1.78. The van der Waals surface area contributed by atoms with Gasteiger partial charge in [-0.3, -0.25) is 28.7 Å². The third-order valence-corrected chi connectivity index (χ3v) is 6.48. The Bertz CT molecular complexity index is 1420. The molecule has 1 aliphatic heterocycles. The number of halogens is 5. The quantitative estimate of drug-likeness (QED) is 0.315. The minimum atomic E-state index is -5.00. The van der Waals surface area contributed by atoms with Crippen LogP contribution in [0.3, 0.4) is 0 Å². The van der Waals surface area contributed by atoms with Gasteiger partial charge < -0.3 is 0 Å². The van der Waals surface area contributed by atoms with Crippen LogP contribution in [0, 0.1) is 5.82 Å². The summed E-state index contributed by atoms with van der Waals surface area (Å²) in [5, 5.41) is -1.12. The highest BCUT2D eigenvalue weighted by molar-refractivity contribution is 8.15. The SMILES string of the molecule is C=CCN1C(=O)C(CC(=O)NOC)SC1=Nc1cc(-n2c(=O)cc(C(F)(F)F)n(C)c2=O)c(F)cc1Cl. The first-order valence-electron chi connectivity index (χ1n) is 10.2. The van der Waals surface area contributed by atoms with Gasteiger partial charge in [0.1, 0.15) is 16.8 Å². The second kappa shape index (κ2) is 10.9. The lowest BCUT2D eigenvalue weighted by atomic mass is 10.2.